The Kier molecular flexibility index (Phi) is 3.73. The van der Waals surface area contributed by atoms with Gasteiger partial charge in [0.15, 0.2) is 11.5 Å². The van der Waals surface area contributed by atoms with Crippen LogP contribution >= 0.6 is 11.5 Å². The van der Waals surface area contributed by atoms with E-state index in [0.717, 1.165) is 48.7 Å². The molecule has 0 saturated carbocycles. The smallest absolute Gasteiger partial charge is 0.170 e. The van der Waals surface area contributed by atoms with Crippen molar-refractivity contribution in [3.63, 3.8) is 0 Å². The van der Waals surface area contributed by atoms with Gasteiger partial charge in [-0.15, -0.1) is 5.10 Å². The van der Waals surface area contributed by atoms with E-state index in [2.05, 4.69) is 27.5 Å². The highest BCUT2D eigenvalue weighted by molar-refractivity contribution is 7.06. The number of aromatic nitrogens is 2. The number of ether oxygens (including phenoxy) is 2. The number of rotatable bonds is 4. The van der Waals surface area contributed by atoms with E-state index in [4.69, 9.17) is 9.47 Å². The summed E-state index contributed by atoms with van der Waals surface area (Å²) in [6.07, 6.45) is 3.22. The zero-order valence-electron chi connectivity index (χ0n) is 13.8. The maximum atomic E-state index is 5.72. The van der Waals surface area contributed by atoms with Crippen LogP contribution in [0.1, 0.15) is 35.4 Å². The van der Waals surface area contributed by atoms with E-state index >= 15 is 0 Å². The summed E-state index contributed by atoms with van der Waals surface area (Å²) in [7, 11) is 3.40. The van der Waals surface area contributed by atoms with E-state index in [0.29, 0.717) is 6.04 Å². The Morgan fingerprint density at radius 1 is 1.35 bits per heavy atom. The molecule has 0 fully saturated rings. The van der Waals surface area contributed by atoms with Gasteiger partial charge < -0.3 is 9.47 Å². The second-order valence-corrected chi connectivity index (χ2v) is 6.95. The first-order chi connectivity index (χ1) is 11.3. The van der Waals surface area contributed by atoms with Crippen LogP contribution in [0.3, 0.4) is 0 Å². The van der Waals surface area contributed by atoms with E-state index in [1.54, 1.807) is 14.2 Å². The molecule has 2 aromatic rings. The minimum Gasteiger partial charge on any atom is -0.493 e. The summed E-state index contributed by atoms with van der Waals surface area (Å²) in [6.45, 7) is 4.47. The molecule has 122 valence electrons. The second kappa shape index (κ2) is 5.76. The van der Waals surface area contributed by atoms with E-state index in [9.17, 15) is 0 Å². The van der Waals surface area contributed by atoms with Crippen LogP contribution in [0.25, 0.3) is 11.3 Å². The summed E-state index contributed by atoms with van der Waals surface area (Å²) >= 11 is 1.51. The number of hydrogen-bond donors (Lipinski definition) is 0. The van der Waals surface area contributed by atoms with Crippen molar-refractivity contribution in [2.75, 3.05) is 27.3 Å². The summed E-state index contributed by atoms with van der Waals surface area (Å²) < 4.78 is 15.5. The zero-order valence-corrected chi connectivity index (χ0v) is 14.6. The standard InChI is InChI=1S/C17H21N3O2S/c1-4-6-20-7-5-10-8-12(21-2)17(22-3)15-14(10)11(20)9-13-16(15)18-19-23-13/h8,11H,4-7,9H2,1-3H3. The van der Waals surface area contributed by atoms with E-state index < -0.39 is 0 Å². The molecular weight excluding hydrogens is 310 g/mol. The molecule has 1 aromatic carbocycles. The van der Waals surface area contributed by atoms with E-state index in [-0.39, 0.29) is 0 Å². The van der Waals surface area contributed by atoms with Crippen molar-refractivity contribution >= 4 is 11.5 Å². The van der Waals surface area contributed by atoms with Crippen molar-refractivity contribution in [2.45, 2.75) is 32.2 Å². The molecule has 0 spiro atoms. The molecule has 0 bridgehead atoms. The minimum atomic E-state index is 0.406. The predicted molar refractivity (Wildman–Crippen MR) is 90.5 cm³/mol. The lowest BCUT2D eigenvalue weighted by atomic mass is 9.80. The molecule has 1 unspecified atom stereocenters. The molecule has 0 amide bonds. The fraction of sp³-hybridized carbons (Fsp3) is 0.529. The largest absolute Gasteiger partial charge is 0.493 e. The highest BCUT2D eigenvalue weighted by Crippen LogP contribution is 2.52. The SMILES string of the molecule is CCCN1CCc2cc(OC)c(OC)c3c2C1Cc1snnc1-3. The van der Waals surface area contributed by atoms with Crippen LogP contribution in [0.5, 0.6) is 11.5 Å². The van der Waals surface area contributed by atoms with Crippen molar-refractivity contribution in [2.24, 2.45) is 0 Å². The highest BCUT2D eigenvalue weighted by Gasteiger charge is 2.38. The Hall–Kier alpha value is -1.66. The van der Waals surface area contributed by atoms with Gasteiger partial charge in [-0.1, -0.05) is 11.4 Å². The van der Waals surface area contributed by atoms with Gasteiger partial charge in [-0.2, -0.15) is 0 Å². The van der Waals surface area contributed by atoms with Crippen LogP contribution in [-0.2, 0) is 12.8 Å². The lowest BCUT2D eigenvalue weighted by molar-refractivity contribution is 0.183. The van der Waals surface area contributed by atoms with Crippen molar-refractivity contribution in [3.8, 4) is 22.8 Å². The molecule has 4 rings (SSSR count). The molecule has 0 N–H and O–H groups in total. The van der Waals surface area contributed by atoms with Crippen LogP contribution in [0.2, 0.25) is 0 Å². The first-order valence-electron chi connectivity index (χ1n) is 8.11. The van der Waals surface area contributed by atoms with Crippen molar-refractivity contribution in [1.29, 1.82) is 0 Å². The van der Waals surface area contributed by atoms with Gasteiger partial charge in [0.1, 0.15) is 5.69 Å². The lowest BCUT2D eigenvalue weighted by Gasteiger charge is -2.40. The Morgan fingerprint density at radius 2 is 2.22 bits per heavy atom. The molecule has 5 nitrogen and oxygen atoms in total. The molecule has 2 heterocycles. The average Bonchev–Trinajstić information content (AvgIpc) is 3.05. The topological polar surface area (TPSA) is 47.5 Å². The Morgan fingerprint density at radius 3 is 2.96 bits per heavy atom. The van der Waals surface area contributed by atoms with Gasteiger partial charge in [-0.05, 0) is 48.1 Å². The fourth-order valence-electron chi connectivity index (χ4n) is 3.98. The number of nitrogens with zero attached hydrogens (tertiary/aromatic N) is 3. The molecule has 1 aliphatic carbocycles. The first-order valence-corrected chi connectivity index (χ1v) is 8.89. The van der Waals surface area contributed by atoms with Crippen LogP contribution in [0.15, 0.2) is 6.07 Å². The van der Waals surface area contributed by atoms with Crippen molar-refractivity contribution in [1.82, 2.24) is 14.5 Å². The predicted octanol–water partition coefficient (Wildman–Crippen LogP) is 3.09. The minimum absolute atomic E-state index is 0.406. The highest BCUT2D eigenvalue weighted by atomic mass is 32.1. The van der Waals surface area contributed by atoms with Crippen molar-refractivity contribution < 1.29 is 9.47 Å². The maximum Gasteiger partial charge on any atom is 0.170 e. The molecular formula is C17H21N3O2S. The number of hydrogen-bond acceptors (Lipinski definition) is 6. The average molecular weight is 331 g/mol. The summed E-state index contributed by atoms with van der Waals surface area (Å²) in [5.41, 5.74) is 4.83. The number of methoxy groups -OCH3 is 2. The summed E-state index contributed by atoms with van der Waals surface area (Å²) in [4.78, 5) is 3.85. The Bertz CT molecular complexity index is 744. The summed E-state index contributed by atoms with van der Waals surface area (Å²) in [5, 5.41) is 4.40. The monoisotopic (exact) mass is 331 g/mol. The van der Waals surface area contributed by atoms with Gasteiger partial charge in [0, 0.05) is 19.0 Å². The molecule has 6 heteroatoms. The molecule has 0 saturated heterocycles. The van der Waals surface area contributed by atoms with Gasteiger partial charge >= 0.3 is 0 Å². The van der Waals surface area contributed by atoms with Crippen LogP contribution in [-0.4, -0.2) is 41.8 Å². The van der Waals surface area contributed by atoms with Gasteiger partial charge in [0.05, 0.1) is 24.7 Å². The second-order valence-electron chi connectivity index (χ2n) is 6.11. The number of fused-ring (bicyclic) bond motifs is 2. The Balaban J connectivity index is 1.98. The summed E-state index contributed by atoms with van der Waals surface area (Å²) in [6, 6.07) is 2.56. The van der Waals surface area contributed by atoms with E-state index in [1.807, 2.05) is 0 Å². The van der Waals surface area contributed by atoms with Gasteiger partial charge in [0.25, 0.3) is 0 Å². The normalized spacial score (nSPS) is 19.2. The molecule has 1 aromatic heterocycles. The molecule has 23 heavy (non-hydrogen) atoms. The van der Waals surface area contributed by atoms with Crippen molar-refractivity contribution in [3.05, 3.63) is 22.1 Å². The van der Waals surface area contributed by atoms with Gasteiger partial charge in [0.2, 0.25) is 0 Å². The Labute approximate surface area is 140 Å². The maximum absolute atomic E-state index is 5.72. The third kappa shape index (κ3) is 2.16. The van der Waals surface area contributed by atoms with E-state index in [1.165, 1.54) is 34.0 Å². The first kappa shape index (κ1) is 14.9. The quantitative estimate of drug-likeness (QED) is 0.861. The zero-order chi connectivity index (χ0) is 16.0. The van der Waals surface area contributed by atoms with Crippen LogP contribution in [0.4, 0.5) is 0 Å². The molecule has 1 aliphatic heterocycles. The fourth-order valence-corrected chi connectivity index (χ4v) is 4.66. The molecule has 1 atom stereocenters. The van der Waals surface area contributed by atoms with Gasteiger partial charge in [-0.3, -0.25) is 4.90 Å². The third-order valence-corrected chi connectivity index (χ3v) is 5.66. The van der Waals surface area contributed by atoms with Gasteiger partial charge in [-0.25, -0.2) is 0 Å². The van der Waals surface area contributed by atoms with Crippen LogP contribution in [0, 0.1) is 0 Å². The third-order valence-electron chi connectivity index (χ3n) is 4.92. The molecule has 2 aliphatic rings. The molecule has 0 radical (unpaired) electrons. The summed E-state index contributed by atoms with van der Waals surface area (Å²) in [5.74, 6) is 1.59. The number of benzene rings is 1. The van der Waals surface area contributed by atoms with Crippen LogP contribution < -0.4 is 9.47 Å². The lowest BCUT2D eigenvalue weighted by Crippen LogP contribution is -2.38.